The standard InChI is InChI=1S/C16H25N3O/c1-10-6-13(8-17)9-18(10)16(20)15-7-11(2)19(12(15)3)14-4-5-14/h7,10,13-14H,4-6,8-9,17H2,1-3H3. The average molecular weight is 275 g/mol. The molecule has 110 valence electrons. The van der Waals surface area contributed by atoms with Gasteiger partial charge < -0.3 is 15.2 Å². The third-order valence-electron chi connectivity index (χ3n) is 4.88. The summed E-state index contributed by atoms with van der Waals surface area (Å²) in [7, 11) is 0. The molecular formula is C16H25N3O. The lowest BCUT2D eigenvalue weighted by Crippen LogP contribution is -2.34. The Bertz CT molecular complexity index is 530. The molecule has 1 aliphatic carbocycles. The topological polar surface area (TPSA) is 51.3 Å². The maximum absolute atomic E-state index is 12.8. The maximum Gasteiger partial charge on any atom is 0.255 e. The summed E-state index contributed by atoms with van der Waals surface area (Å²) >= 11 is 0. The highest BCUT2D eigenvalue weighted by atomic mass is 16.2. The van der Waals surface area contributed by atoms with E-state index >= 15 is 0 Å². The van der Waals surface area contributed by atoms with Gasteiger partial charge in [0.2, 0.25) is 0 Å². The summed E-state index contributed by atoms with van der Waals surface area (Å²) in [5.41, 5.74) is 9.00. The number of hydrogen-bond donors (Lipinski definition) is 1. The summed E-state index contributed by atoms with van der Waals surface area (Å²) in [6, 6.07) is 3.00. The molecule has 1 aromatic rings. The Morgan fingerprint density at radius 2 is 2.10 bits per heavy atom. The SMILES string of the molecule is Cc1cc(C(=O)N2CC(CN)CC2C)c(C)n1C1CC1. The molecule has 20 heavy (non-hydrogen) atoms. The van der Waals surface area contributed by atoms with Gasteiger partial charge in [-0.05, 0) is 58.6 Å². The van der Waals surface area contributed by atoms with E-state index in [1.54, 1.807) is 0 Å². The van der Waals surface area contributed by atoms with Gasteiger partial charge in [0.25, 0.3) is 5.91 Å². The summed E-state index contributed by atoms with van der Waals surface area (Å²) in [5.74, 6) is 0.648. The molecule has 0 radical (unpaired) electrons. The number of nitrogens with zero attached hydrogens (tertiary/aromatic N) is 2. The van der Waals surface area contributed by atoms with E-state index in [-0.39, 0.29) is 5.91 Å². The van der Waals surface area contributed by atoms with Crippen molar-refractivity contribution in [3.05, 3.63) is 23.0 Å². The van der Waals surface area contributed by atoms with E-state index in [1.807, 2.05) is 4.90 Å². The molecule has 0 aromatic carbocycles. The smallest absolute Gasteiger partial charge is 0.255 e. The predicted octanol–water partition coefficient (Wildman–Crippen LogP) is 2.25. The van der Waals surface area contributed by atoms with Crippen molar-refractivity contribution >= 4 is 5.91 Å². The molecule has 1 saturated carbocycles. The minimum atomic E-state index is 0.188. The van der Waals surface area contributed by atoms with Crippen LogP contribution < -0.4 is 5.73 Å². The van der Waals surface area contributed by atoms with E-state index in [0.717, 1.165) is 24.2 Å². The molecule has 0 spiro atoms. The fourth-order valence-corrected chi connectivity index (χ4v) is 3.64. The van der Waals surface area contributed by atoms with Gasteiger partial charge >= 0.3 is 0 Å². The highest BCUT2D eigenvalue weighted by Gasteiger charge is 2.35. The van der Waals surface area contributed by atoms with Crippen LogP contribution in [0.1, 0.15) is 54.0 Å². The highest BCUT2D eigenvalue weighted by Crippen LogP contribution is 2.38. The zero-order valence-electron chi connectivity index (χ0n) is 12.7. The van der Waals surface area contributed by atoms with Gasteiger partial charge in [0.1, 0.15) is 0 Å². The summed E-state index contributed by atoms with van der Waals surface area (Å²) < 4.78 is 2.34. The zero-order valence-corrected chi connectivity index (χ0v) is 12.7. The van der Waals surface area contributed by atoms with Crippen LogP contribution in [-0.2, 0) is 0 Å². The number of rotatable bonds is 3. The quantitative estimate of drug-likeness (QED) is 0.920. The monoisotopic (exact) mass is 275 g/mol. The first-order chi connectivity index (χ1) is 9.52. The Kier molecular flexibility index (Phi) is 3.36. The van der Waals surface area contributed by atoms with Gasteiger partial charge in [0, 0.05) is 30.0 Å². The summed E-state index contributed by atoms with van der Waals surface area (Å²) in [6.07, 6.45) is 3.53. The van der Waals surface area contributed by atoms with E-state index in [0.29, 0.717) is 24.5 Å². The van der Waals surface area contributed by atoms with Crippen molar-refractivity contribution in [3.63, 3.8) is 0 Å². The molecule has 4 heteroatoms. The normalized spacial score (nSPS) is 26.3. The fraction of sp³-hybridized carbons (Fsp3) is 0.688. The molecule has 2 fully saturated rings. The summed E-state index contributed by atoms with van der Waals surface area (Å²) in [4.78, 5) is 14.8. The second-order valence-corrected chi connectivity index (χ2v) is 6.53. The second-order valence-electron chi connectivity index (χ2n) is 6.53. The first kappa shape index (κ1) is 13.7. The number of aryl methyl sites for hydroxylation is 1. The molecule has 2 atom stereocenters. The van der Waals surface area contributed by atoms with Gasteiger partial charge in [-0.2, -0.15) is 0 Å². The molecule has 1 saturated heterocycles. The number of hydrogen-bond acceptors (Lipinski definition) is 2. The Balaban J connectivity index is 1.86. The van der Waals surface area contributed by atoms with E-state index in [4.69, 9.17) is 5.73 Å². The number of likely N-dealkylation sites (tertiary alicyclic amines) is 1. The molecule has 2 unspecified atom stereocenters. The zero-order chi connectivity index (χ0) is 14.4. The van der Waals surface area contributed by atoms with Crippen LogP contribution in [0.2, 0.25) is 0 Å². The first-order valence-corrected chi connectivity index (χ1v) is 7.72. The van der Waals surface area contributed by atoms with Crippen molar-refractivity contribution in [1.29, 1.82) is 0 Å². The van der Waals surface area contributed by atoms with Gasteiger partial charge in [-0.25, -0.2) is 0 Å². The predicted molar refractivity (Wildman–Crippen MR) is 79.8 cm³/mol. The van der Waals surface area contributed by atoms with Crippen molar-refractivity contribution in [2.75, 3.05) is 13.1 Å². The number of amides is 1. The summed E-state index contributed by atoms with van der Waals surface area (Å²) in [6.45, 7) is 7.81. The van der Waals surface area contributed by atoms with Crippen molar-refractivity contribution in [2.45, 2.75) is 52.1 Å². The minimum absolute atomic E-state index is 0.188. The van der Waals surface area contributed by atoms with Crippen molar-refractivity contribution in [2.24, 2.45) is 11.7 Å². The van der Waals surface area contributed by atoms with Gasteiger partial charge in [-0.1, -0.05) is 0 Å². The average Bonchev–Trinajstić information content (AvgIpc) is 3.10. The number of nitrogens with two attached hydrogens (primary N) is 1. The van der Waals surface area contributed by atoms with Crippen LogP contribution in [0.5, 0.6) is 0 Å². The minimum Gasteiger partial charge on any atom is -0.345 e. The lowest BCUT2D eigenvalue weighted by atomic mass is 10.1. The Morgan fingerprint density at radius 1 is 1.40 bits per heavy atom. The molecule has 2 heterocycles. The van der Waals surface area contributed by atoms with Crippen LogP contribution >= 0.6 is 0 Å². The van der Waals surface area contributed by atoms with E-state index < -0.39 is 0 Å². The van der Waals surface area contributed by atoms with Crippen LogP contribution in [0.4, 0.5) is 0 Å². The van der Waals surface area contributed by atoms with Crippen molar-refractivity contribution in [1.82, 2.24) is 9.47 Å². The summed E-state index contributed by atoms with van der Waals surface area (Å²) in [5, 5.41) is 0. The molecule has 3 rings (SSSR count). The highest BCUT2D eigenvalue weighted by molar-refractivity contribution is 5.96. The van der Waals surface area contributed by atoms with Crippen molar-refractivity contribution < 1.29 is 4.79 Å². The molecule has 1 aliphatic heterocycles. The molecule has 2 aliphatic rings. The van der Waals surface area contributed by atoms with Crippen LogP contribution in [0.3, 0.4) is 0 Å². The number of carbonyl (C=O) groups is 1. The maximum atomic E-state index is 12.8. The van der Waals surface area contributed by atoms with E-state index in [9.17, 15) is 4.79 Å². The fourth-order valence-electron chi connectivity index (χ4n) is 3.64. The molecule has 0 bridgehead atoms. The Morgan fingerprint density at radius 3 is 2.65 bits per heavy atom. The van der Waals surface area contributed by atoms with Crippen LogP contribution in [-0.4, -0.2) is 34.5 Å². The van der Waals surface area contributed by atoms with Crippen LogP contribution in [0.15, 0.2) is 6.07 Å². The largest absolute Gasteiger partial charge is 0.345 e. The van der Waals surface area contributed by atoms with Crippen LogP contribution in [0, 0.1) is 19.8 Å². The second kappa shape index (κ2) is 4.92. The van der Waals surface area contributed by atoms with Gasteiger partial charge in [0.05, 0.1) is 5.56 Å². The molecule has 1 aromatic heterocycles. The van der Waals surface area contributed by atoms with Gasteiger partial charge in [-0.3, -0.25) is 4.79 Å². The molecule has 2 N–H and O–H groups in total. The molecular weight excluding hydrogens is 250 g/mol. The van der Waals surface area contributed by atoms with E-state index in [1.165, 1.54) is 18.5 Å². The molecule has 4 nitrogen and oxygen atoms in total. The van der Waals surface area contributed by atoms with Gasteiger partial charge in [-0.15, -0.1) is 0 Å². The third kappa shape index (κ3) is 2.16. The lowest BCUT2D eigenvalue weighted by molar-refractivity contribution is 0.0742. The van der Waals surface area contributed by atoms with Crippen LogP contribution in [0.25, 0.3) is 0 Å². The Labute approximate surface area is 120 Å². The van der Waals surface area contributed by atoms with E-state index in [2.05, 4.69) is 31.4 Å². The number of carbonyl (C=O) groups excluding carboxylic acids is 1. The first-order valence-electron chi connectivity index (χ1n) is 7.72. The van der Waals surface area contributed by atoms with Crippen molar-refractivity contribution in [3.8, 4) is 0 Å². The third-order valence-corrected chi connectivity index (χ3v) is 4.88. The Hall–Kier alpha value is -1.29. The molecule has 1 amide bonds. The number of aromatic nitrogens is 1. The lowest BCUT2D eigenvalue weighted by Gasteiger charge is -2.21. The van der Waals surface area contributed by atoms with Gasteiger partial charge in [0.15, 0.2) is 0 Å².